The molecule has 0 saturated heterocycles. The largest absolute Gasteiger partial charge is 0.394 e. The van der Waals surface area contributed by atoms with Crippen LogP contribution in [0.15, 0.2) is 24.3 Å². The number of para-hydroxylation sites is 1. The molecule has 1 atom stereocenters. The van der Waals surface area contributed by atoms with Crippen molar-refractivity contribution in [3.05, 3.63) is 29.8 Å². The van der Waals surface area contributed by atoms with Gasteiger partial charge in [-0.2, -0.15) is 0 Å². The Hall–Kier alpha value is -1.88. The predicted octanol–water partition coefficient (Wildman–Crippen LogP) is 1.64. The van der Waals surface area contributed by atoms with E-state index in [1.807, 2.05) is 39.0 Å². The van der Waals surface area contributed by atoms with Crippen LogP contribution < -0.4 is 10.6 Å². The highest BCUT2D eigenvalue weighted by atomic mass is 16.3. The van der Waals surface area contributed by atoms with Crippen molar-refractivity contribution in [1.82, 2.24) is 5.32 Å². The van der Waals surface area contributed by atoms with Crippen LogP contribution in [0.3, 0.4) is 0 Å². The third-order valence-corrected chi connectivity index (χ3v) is 3.09. The topological polar surface area (TPSA) is 78.4 Å². The first kappa shape index (κ1) is 16.2. The van der Waals surface area contributed by atoms with E-state index in [0.29, 0.717) is 12.1 Å². The van der Waals surface area contributed by atoms with Gasteiger partial charge in [0.25, 0.3) is 0 Å². The number of carbonyl (C=O) groups excluding carboxylic acids is 2. The zero-order chi connectivity index (χ0) is 15.1. The van der Waals surface area contributed by atoms with E-state index in [1.165, 1.54) is 0 Å². The number of anilines is 1. The van der Waals surface area contributed by atoms with E-state index in [9.17, 15) is 9.59 Å². The molecule has 0 heterocycles. The second-order valence-corrected chi connectivity index (χ2v) is 4.96. The lowest BCUT2D eigenvalue weighted by atomic mass is 10.0. The third-order valence-electron chi connectivity index (χ3n) is 3.09. The molecule has 110 valence electrons. The molecule has 1 rings (SSSR count). The molecule has 0 aliphatic rings. The molecule has 0 unspecified atom stereocenters. The number of aliphatic hydroxyl groups excluding tert-OH is 1. The molecular weight excluding hydrogens is 256 g/mol. The molecular formula is C15H22N2O3. The summed E-state index contributed by atoms with van der Waals surface area (Å²) in [5, 5.41) is 14.1. The van der Waals surface area contributed by atoms with E-state index in [2.05, 4.69) is 10.6 Å². The summed E-state index contributed by atoms with van der Waals surface area (Å²) in [6.45, 7) is 5.68. The summed E-state index contributed by atoms with van der Waals surface area (Å²) < 4.78 is 0. The van der Waals surface area contributed by atoms with Gasteiger partial charge in [0, 0.05) is 5.69 Å². The number of hydrogen-bond acceptors (Lipinski definition) is 3. The number of benzene rings is 1. The molecule has 1 aromatic carbocycles. The summed E-state index contributed by atoms with van der Waals surface area (Å²) in [6, 6.07) is 6.99. The smallest absolute Gasteiger partial charge is 0.313 e. The Morgan fingerprint density at radius 2 is 1.85 bits per heavy atom. The SMILES string of the molecule is CC[C@@H](CO)NC(=O)C(=O)Nc1ccccc1C(C)C. The number of amides is 2. The van der Waals surface area contributed by atoms with Crippen molar-refractivity contribution < 1.29 is 14.7 Å². The minimum absolute atomic E-state index is 0.182. The van der Waals surface area contributed by atoms with E-state index < -0.39 is 17.9 Å². The van der Waals surface area contributed by atoms with Crippen LogP contribution in [-0.4, -0.2) is 29.6 Å². The van der Waals surface area contributed by atoms with E-state index in [4.69, 9.17) is 5.11 Å². The zero-order valence-electron chi connectivity index (χ0n) is 12.1. The van der Waals surface area contributed by atoms with E-state index in [-0.39, 0.29) is 12.5 Å². The van der Waals surface area contributed by atoms with Crippen molar-refractivity contribution in [2.24, 2.45) is 0 Å². The third kappa shape index (κ3) is 4.35. The number of nitrogens with one attached hydrogen (secondary N) is 2. The van der Waals surface area contributed by atoms with Crippen LogP contribution in [0, 0.1) is 0 Å². The summed E-state index contributed by atoms with van der Waals surface area (Å²) in [5.74, 6) is -1.20. The average Bonchev–Trinajstić information content (AvgIpc) is 2.44. The summed E-state index contributed by atoms with van der Waals surface area (Å²) in [6.07, 6.45) is 0.568. The molecule has 2 amide bonds. The van der Waals surface area contributed by atoms with Crippen molar-refractivity contribution in [3.8, 4) is 0 Å². The van der Waals surface area contributed by atoms with Gasteiger partial charge in [0.15, 0.2) is 0 Å². The normalized spacial score (nSPS) is 12.1. The Morgan fingerprint density at radius 1 is 1.20 bits per heavy atom. The molecule has 5 heteroatoms. The Labute approximate surface area is 119 Å². The van der Waals surface area contributed by atoms with Crippen LogP contribution in [0.25, 0.3) is 0 Å². The number of rotatable bonds is 5. The summed E-state index contributed by atoms with van der Waals surface area (Å²) >= 11 is 0. The lowest BCUT2D eigenvalue weighted by Gasteiger charge is -2.16. The van der Waals surface area contributed by atoms with Gasteiger partial charge in [-0.25, -0.2) is 0 Å². The first-order valence-electron chi connectivity index (χ1n) is 6.81. The Morgan fingerprint density at radius 3 is 2.40 bits per heavy atom. The molecule has 0 radical (unpaired) electrons. The predicted molar refractivity (Wildman–Crippen MR) is 78.5 cm³/mol. The first-order valence-corrected chi connectivity index (χ1v) is 6.81. The highest BCUT2D eigenvalue weighted by Crippen LogP contribution is 2.23. The molecule has 0 fully saturated rings. The van der Waals surface area contributed by atoms with Crippen molar-refractivity contribution in [2.45, 2.75) is 39.2 Å². The average molecular weight is 278 g/mol. The van der Waals surface area contributed by atoms with Crippen molar-refractivity contribution >= 4 is 17.5 Å². The summed E-state index contributed by atoms with van der Waals surface area (Å²) in [5.41, 5.74) is 1.61. The van der Waals surface area contributed by atoms with Gasteiger partial charge < -0.3 is 15.7 Å². The standard InChI is InChI=1S/C15H22N2O3/c1-4-11(9-18)16-14(19)15(20)17-13-8-6-5-7-12(13)10(2)3/h5-8,10-11,18H,4,9H2,1-3H3,(H,16,19)(H,17,20)/t11-/m0/s1. The molecule has 3 N–H and O–H groups in total. The van der Waals surface area contributed by atoms with Crippen LogP contribution in [0.5, 0.6) is 0 Å². The van der Waals surface area contributed by atoms with Gasteiger partial charge in [0.1, 0.15) is 0 Å². The second kappa shape index (κ2) is 7.65. The fourth-order valence-electron chi connectivity index (χ4n) is 1.82. The van der Waals surface area contributed by atoms with Gasteiger partial charge in [-0.1, -0.05) is 39.0 Å². The Kier molecular flexibility index (Phi) is 6.18. The number of hydrogen-bond donors (Lipinski definition) is 3. The maximum Gasteiger partial charge on any atom is 0.313 e. The summed E-state index contributed by atoms with van der Waals surface area (Å²) in [7, 11) is 0. The van der Waals surface area contributed by atoms with E-state index in [0.717, 1.165) is 5.56 Å². The second-order valence-electron chi connectivity index (χ2n) is 4.96. The molecule has 5 nitrogen and oxygen atoms in total. The fourth-order valence-corrected chi connectivity index (χ4v) is 1.82. The van der Waals surface area contributed by atoms with Crippen molar-refractivity contribution in [2.75, 3.05) is 11.9 Å². The van der Waals surface area contributed by atoms with Gasteiger partial charge in [-0.15, -0.1) is 0 Å². The number of carbonyl (C=O) groups is 2. The summed E-state index contributed by atoms with van der Waals surface area (Å²) in [4.78, 5) is 23.6. The van der Waals surface area contributed by atoms with Crippen molar-refractivity contribution in [1.29, 1.82) is 0 Å². The molecule has 0 aromatic heterocycles. The number of aliphatic hydroxyl groups is 1. The lowest BCUT2D eigenvalue weighted by molar-refractivity contribution is -0.136. The molecule has 0 saturated carbocycles. The molecule has 0 spiro atoms. The van der Waals surface area contributed by atoms with Crippen LogP contribution in [0.2, 0.25) is 0 Å². The van der Waals surface area contributed by atoms with E-state index >= 15 is 0 Å². The fraction of sp³-hybridized carbons (Fsp3) is 0.467. The van der Waals surface area contributed by atoms with Crippen LogP contribution >= 0.6 is 0 Å². The maximum atomic E-state index is 11.8. The zero-order valence-corrected chi connectivity index (χ0v) is 12.1. The molecule has 1 aromatic rings. The van der Waals surface area contributed by atoms with E-state index in [1.54, 1.807) is 6.07 Å². The highest BCUT2D eigenvalue weighted by molar-refractivity contribution is 6.39. The lowest BCUT2D eigenvalue weighted by Crippen LogP contribution is -2.43. The van der Waals surface area contributed by atoms with Gasteiger partial charge >= 0.3 is 11.8 Å². The van der Waals surface area contributed by atoms with Gasteiger partial charge in [-0.05, 0) is 24.0 Å². The molecule has 0 bridgehead atoms. The first-order chi connectivity index (χ1) is 9.49. The van der Waals surface area contributed by atoms with Crippen molar-refractivity contribution in [3.63, 3.8) is 0 Å². The maximum absolute atomic E-state index is 11.8. The van der Waals surface area contributed by atoms with Gasteiger partial charge in [0.05, 0.1) is 12.6 Å². The Balaban J connectivity index is 2.73. The molecule has 0 aliphatic carbocycles. The minimum Gasteiger partial charge on any atom is -0.394 e. The quantitative estimate of drug-likeness (QED) is 0.716. The van der Waals surface area contributed by atoms with Crippen LogP contribution in [0.4, 0.5) is 5.69 Å². The highest BCUT2D eigenvalue weighted by Gasteiger charge is 2.18. The van der Waals surface area contributed by atoms with Gasteiger partial charge in [-0.3, -0.25) is 9.59 Å². The molecule has 20 heavy (non-hydrogen) atoms. The van der Waals surface area contributed by atoms with Crippen LogP contribution in [-0.2, 0) is 9.59 Å². The molecule has 0 aliphatic heterocycles. The van der Waals surface area contributed by atoms with Crippen LogP contribution in [0.1, 0.15) is 38.7 Å². The Bertz CT molecular complexity index is 468. The van der Waals surface area contributed by atoms with Gasteiger partial charge in [0.2, 0.25) is 0 Å². The monoisotopic (exact) mass is 278 g/mol. The minimum atomic E-state index is -0.732.